The summed E-state index contributed by atoms with van der Waals surface area (Å²) in [7, 11) is 1.44. The SMILES string of the molecule is CCOC(=O)CN(CC)C(=O)COC. The van der Waals surface area contributed by atoms with E-state index < -0.39 is 0 Å². The molecule has 0 aromatic rings. The molecule has 5 nitrogen and oxygen atoms in total. The average Bonchev–Trinajstić information content (AvgIpc) is 2.15. The summed E-state index contributed by atoms with van der Waals surface area (Å²) in [5, 5.41) is 0. The Hall–Kier alpha value is -1.10. The van der Waals surface area contributed by atoms with Crippen molar-refractivity contribution in [1.29, 1.82) is 0 Å². The Labute approximate surface area is 84.0 Å². The molecule has 0 heterocycles. The van der Waals surface area contributed by atoms with Gasteiger partial charge in [-0.05, 0) is 13.8 Å². The number of hydrogen-bond donors (Lipinski definition) is 0. The second-order valence-electron chi connectivity index (χ2n) is 2.65. The van der Waals surface area contributed by atoms with Gasteiger partial charge in [-0.1, -0.05) is 0 Å². The molecule has 0 saturated carbocycles. The zero-order chi connectivity index (χ0) is 11.0. The third-order valence-corrected chi connectivity index (χ3v) is 1.63. The topological polar surface area (TPSA) is 55.8 Å². The molecule has 5 heteroatoms. The van der Waals surface area contributed by atoms with Crippen molar-refractivity contribution in [1.82, 2.24) is 4.90 Å². The summed E-state index contributed by atoms with van der Waals surface area (Å²) in [5.74, 6) is -0.596. The summed E-state index contributed by atoms with van der Waals surface area (Å²) in [5.41, 5.74) is 0. The van der Waals surface area contributed by atoms with E-state index >= 15 is 0 Å². The first-order chi connectivity index (χ1) is 6.65. The van der Waals surface area contributed by atoms with E-state index in [2.05, 4.69) is 4.74 Å². The van der Waals surface area contributed by atoms with Crippen LogP contribution in [0.15, 0.2) is 0 Å². The minimum atomic E-state index is -0.390. The summed E-state index contributed by atoms with van der Waals surface area (Å²) in [6, 6.07) is 0. The summed E-state index contributed by atoms with van der Waals surface area (Å²) < 4.78 is 9.41. The maximum absolute atomic E-state index is 11.3. The van der Waals surface area contributed by atoms with E-state index in [1.807, 2.05) is 0 Å². The fraction of sp³-hybridized carbons (Fsp3) is 0.778. The molecular weight excluding hydrogens is 186 g/mol. The fourth-order valence-corrected chi connectivity index (χ4v) is 0.954. The van der Waals surface area contributed by atoms with Gasteiger partial charge in [0.05, 0.1) is 6.61 Å². The van der Waals surface area contributed by atoms with Gasteiger partial charge < -0.3 is 14.4 Å². The van der Waals surface area contributed by atoms with Crippen LogP contribution in [0.3, 0.4) is 0 Å². The van der Waals surface area contributed by atoms with E-state index in [4.69, 9.17) is 4.74 Å². The molecule has 0 aliphatic carbocycles. The Morgan fingerprint density at radius 1 is 1.29 bits per heavy atom. The average molecular weight is 203 g/mol. The largest absolute Gasteiger partial charge is 0.465 e. The lowest BCUT2D eigenvalue weighted by molar-refractivity contribution is -0.149. The van der Waals surface area contributed by atoms with Gasteiger partial charge in [0.25, 0.3) is 0 Å². The number of amides is 1. The van der Waals surface area contributed by atoms with Crippen LogP contribution in [-0.2, 0) is 19.1 Å². The Morgan fingerprint density at radius 2 is 1.93 bits per heavy atom. The van der Waals surface area contributed by atoms with Gasteiger partial charge in [-0.2, -0.15) is 0 Å². The molecule has 0 radical (unpaired) electrons. The summed E-state index contributed by atoms with van der Waals surface area (Å²) in [6.07, 6.45) is 0. The van der Waals surface area contributed by atoms with E-state index in [0.717, 1.165) is 0 Å². The van der Waals surface area contributed by atoms with Crippen molar-refractivity contribution in [3.05, 3.63) is 0 Å². The Bertz CT molecular complexity index is 193. The van der Waals surface area contributed by atoms with Crippen LogP contribution in [0.5, 0.6) is 0 Å². The third kappa shape index (κ3) is 4.81. The lowest BCUT2D eigenvalue weighted by atomic mass is 10.4. The molecule has 0 aliphatic heterocycles. The highest BCUT2D eigenvalue weighted by molar-refractivity contribution is 5.82. The lowest BCUT2D eigenvalue weighted by Crippen LogP contribution is -2.38. The van der Waals surface area contributed by atoms with E-state index in [1.54, 1.807) is 13.8 Å². The van der Waals surface area contributed by atoms with E-state index in [-0.39, 0.29) is 25.0 Å². The Morgan fingerprint density at radius 3 is 2.36 bits per heavy atom. The zero-order valence-corrected chi connectivity index (χ0v) is 8.91. The fourth-order valence-electron chi connectivity index (χ4n) is 0.954. The van der Waals surface area contributed by atoms with Gasteiger partial charge in [0.1, 0.15) is 13.2 Å². The minimum Gasteiger partial charge on any atom is -0.465 e. The zero-order valence-electron chi connectivity index (χ0n) is 8.91. The van der Waals surface area contributed by atoms with Crippen LogP contribution < -0.4 is 0 Å². The first-order valence-electron chi connectivity index (χ1n) is 4.58. The number of hydrogen-bond acceptors (Lipinski definition) is 4. The van der Waals surface area contributed by atoms with Crippen molar-refractivity contribution in [2.24, 2.45) is 0 Å². The molecule has 1 amide bonds. The van der Waals surface area contributed by atoms with Crippen LogP contribution in [0.1, 0.15) is 13.8 Å². The van der Waals surface area contributed by atoms with E-state index in [1.165, 1.54) is 12.0 Å². The third-order valence-electron chi connectivity index (χ3n) is 1.63. The second kappa shape index (κ2) is 7.32. The highest BCUT2D eigenvalue weighted by Gasteiger charge is 2.15. The van der Waals surface area contributed by atoms with Gasteiger partial charge in [0.2, 0.25) is 5.91 Å². The monoisotopic (exact) mass is 203 g/mol. The number of methoxy groups -OCH3 is 1. The van der Waals surface area contributed by atoms with Crippen LogP contribution >= 0.6 is 0 Å². The van der Waals surface area contributed by atoms with Gasteiger partial charge in [-0.3, -0.25) is 9.59 Å². The standard InChI is InChI=1S/C9H17NO4/c1-4-10(8(11)7-13-3)6-9(12)14-5-2/h4-7H2,1-3H3. The smallest absolute Gasteiger partial charge is 0.325 e. The van der Waals surface area contributed by atoms with Crippen molar-refractivity contribution in [2.75, 3.05) is 33.4 Å². The number of esters is 1. The quantitative estimate of drug-likeness (QED) is 0.572. The summed E-state index contributed by atoms with van der Waals surface area (Å²) in [4.78, 5) is 23.8. The van der Waals surface area contributed by atoms with Crippen molar-refractivity contribution in [2.45, 2.75) is 13.8 Å². The molecule has 0 rings (SSSR count). The highest BCUT2D eigenvalue weighted by Crippen LogP contribution is 1.92. The number of rotatable bonds is 6. The van der Waals surface area contributed by atoms with Gasteiger partial charge in [-0.15, -0.1) is 0 Å². The molecule has 82 valence electrons. The Balaban J connectivity index is 4.01. The number of likely N-dealkylation sites (N-methyl/N-ethyl adjacent to an activating group) is 1. The molecule has 0 aromatic carbocycles. The highest BCUT2D eigenvalue weighted by atomic mass is 16.5. The van der Waals surface area contributed by atoms with Crippen LogP contribution in [0.2, 0.25) is 0 Å². The molecule has 0 bridgehead atoms. The van der Waals surface area contributed by atoms with Crippen molar-refractivity contribution < 1.29 is 19.1 Å². The van der Waals surface area contributed by atoms with Gasteiger partial charge >= 0.3 is 5.97 Å². The van der Waals surface area contributed by atoms with Crippen molar-refractivity contribution >= 4 is 11.9 Å². The minimum absolute atomic E-state index is 0.00670. The lowest BCUT2D eigenvalue weighted by Gasteiger charge is -2.18. The molecule has 14 heavy (non-hydrogen) atoms. The first-order valence-corrected chi connectivity index (χ1v) is 4.58. The molecule has 0 unspecified atom stereocenters. The Kier molecular flexibility index (Phi) is 6.74. The van der Waals surface area contributed by atoms with Crippen LogP contribution in [0.4, 0.5) is 0 Å². The number of carbonyl (C=O) groups excluding carboxylic acids is 2. The van der Waals surface area contributed by atoms with Crippen molar-refractivity contribution in [3.8, 4) is 0 Å². The molecule has 0 fully saturated rings. The number of nitrogens with zero attached hydrogens (tertiary/aromatic N) is 1. The predicted molar refractivity (Wildman–Crippen MR) is 50.8 cm³/mol. The second-order valence-corrected chi connectivity index (χ2v) is 2.65. The number of ether oxygens (including phenoxy) is 2. The molecular formula is C9H17NO4. The summed E-state index contributed by atoms with van der Waals surface area (Å²) in [6.45, 7) is 4.31. The van der Waals surface area contributed by atoms with Crippen LogP contribution in [0, 0.1) is 0 Å². The molecule has 0 N–H and O–H groups in total. The van der Waals surface area contributed by atoms with Gasteiger partial charge in [0.15, 0.2) is 0 Å². The molecule has 0 spiro atoms. The maximum atomic E-state index is 11.3. The van der Waals surface area contributed by atoms with Gasteiger partial charge in [-0.25, -0.2) is 0 Å². The van der Waals surface area contributed by atoms with Crippen LogP contribution in [-0.4, -0.2) is 50.2 Å². The van der Waals surface area contributed by atoms with E-state index in [9.17, 15) is 9.59 Å². The summed E-state index contributed by atoms with van der Waals surface area (Å²) >= 11 is 0. The first kappa shape index (κ1) is 12.9. The molecule has 0 saturated heterocycles. The molecule has 0 aromatic heterocycles. The molecule has 0 aliphatic rings. The maximum Gasteiger partial charge on any atom is 0.325 e. The molecule has 0 atom stereocenters. The van der Waals surface area contributed by atoms with Crippen LogP contribution in [0.25, 0.3) is 0 Å². The normalized spacial score (nSPS) is 9.64. The predicted octanol–water partition coefficient (Wildman–Crippen LogP) is 0.0444. The van der Waals surface area contributed by atoms with E-state index in [0.29, 0.717) is 13.2 Å². The van der Waals surface area contributed by atoms with Crippen molar-refractivity contribution in [3.63, 3.8) is 0 Å². The number of carbonyl (C=O) groups is 2. The van der Waals surface area contributed by atoms with Gasteiger partial charge in [0, 0.05) is 13.7 Å².